The molecule has 0 bridgehead atoms. The van der Waals surface area contributed by atoms with Gasteiger partial charge in [0.25, 0.3) is 5.89 Å². The summed E-state index contributed by atoms with van der Waals surface area (Å²) < 4.78 is 74.9. The Morgan fingerprint density at radius 2 is 1.90 bits per heavy atom. The summed E-state index contributed by atoms with van der Waals surface area (Å²) >= 11 is 0. The predicted octanol–water partition coefficient (Wildman–Crippen LogP) is 3.41. The first-order valence-corrected chi connectivity index (χ1v) is 10.4. The van der Waals surface area contributed by atoms with E-state index in [9.17, 15) is 26.4 Å². The minimum atomic E-state index is -4.52. The molecule has 0 fully saturated rings. The molecule has 12 heteroatoms. The fourth-order valence-electron chi connectivity index (χ4n) is 2.54. The van der Waals surface area contributed by atoms with Crippen LogP contribution in [-0.4, -0.2) is 31.1 Å². The summed E-state index contributed by atoms with van der Waals surface area (Å²) in [5, 5.41) is 3.59. The molecule has 0 amide bonds. The number of carbonyl (C=O) groups is 1. The zero-order valence-electron chi connectivity index (χ0n) is 16.0. The molecule has 1 aromatic heterocycles. The number of ether oxygens (including phenoxy) is 1. The Kier molecular flexibility index (Phi) is 6.41. The summed E-state index contributed by atoms with van der Waals surface area (Å²) in [6.07, 6.45) is -4.52. The van der Waals surface area contributed by atoms with Crippen LogP contribution in [0.4, 0.5) is 13.2 Å². The Balaban J connectivity index is 1.70. The van der Waals surface area contributed by atoms with Crippen molar-refractivity contribution in [3.63, 3.8) is 0 Å². The molecular weight excluding hydrogens is 439 g/mol. The van der Waals surface area contributed by atoms with Gasteiger partial charge >= 0.3 is 12.1 Å². The van der Waals surface area contributed by atoms with Crippen molar-refractivity contribution in [2.75, 3.05) is 6.54 Å². The number of hydrogen-bond acceptors (Lipinski definition) is 7. The van der Waals surface area contributed by atoms with E-state index in [-0.39, 0.29) is 34.3 Å². The van der Waals surface area contributed by atoms with Crippen molar-refractivity contribution >= 4 is 16.0 Å². The standard InChI is InChI=1S/C19H16F3N3O5S/c1-2-23-31(27,28)15-8-4-6-13(10-15)18(26)29-11-16-24-17(25-30-16)12-5-3-7-14(9-12)19(20,21)22/h3-10,23H,2,11H2,1H3. The molecule has 0 unspecified atom stereocenters. The summed E-state index contributed by atoms with van der Waals surface area (Å²) in [6, 6.07) is 9.62. The molecule has 3 rings (SSSR count). The summed E-state index contributed by atoms with van der Waals surface area (Å²) in [7, 11) is -3.75. The van der Waals surface area contributed by atoms with Gasteiger partial charge in [-0.05, 0) is 30.3 Å². The third-order valence-electron chi connectivity index (χ3n) is 3.96. The lowest BCUT2D eigenvalue weighted by Gasteiger charge is -2.07. The highest BCUT2D eigenvalue weighted by Crippen LogP contribution is 2.31. The lowest BCUT2D eigenvalue weighted by Crippen LogP contribution is -2.23. The summed E-state index contributed by atoms with van der Waals surface area (Å²) in [5.41, 5.74) is -0.802. The topological polar surface area (TPSA) is 111 Å². The number of halogens is 3. The molecule has 164 valence electrons. The van der Waals surface area contributed by atoms with Gasteiger partial charge in [0.15, 0.2) is 6.61 Å². The van der Waals surface area contributed by atoms with E-state index in [0.29, 0.717) is 0 Å². The van der Waals surface area contributed by atoms with Crippen molar-refractivity contribution in [1.29, 1.82) is 0 Å². The van der Waals surface area contributed by atoms with Gasteiger partial charge in [-0.25, -0.2) is 17.9 Å². The minimum absolute atomic E-state index is 0.0170. The van der Waals surface area contributed by atoms with Crippen molar-refractivity contribution < 1.29 is 35.6 Å². The fraction of sp³-hybridized carbons (Fsp3) is 0.211. The van der Waals surface area contributed by atoms with Gasteiger partial charge in [-0.3, -0.25) is 0 Å². The zero-order chi connectivity index (χ0) is 22.6. The quantitative estimate of drug-likeness (QED) is 0.544. The number of rotatable bonds is 7. The molecular formula is C19H16F3N3O5S. The highest BCUT2D eigenvalue weighted by molar-refractivity contribution is 7.89. The SMILES string of the molecule is CCNS(=O)(=O)c1cccc(C(=O)OCc2nc(-c3cccc(C(F)(F)F)c3)no2)c1. The van der Waals surface area contributed by atoms with Gasteiger partial charge in [0.05, 0.1) is 16.0 Å². The van der Waals surface area contributed by atoms with Crippen LogP contribution >= 0.6 is 0 Å². The van der Waals surface area contributed by atoms with Crippen LogP contribution in [0.15, 0.2) is 57.9 Å². The average Bonchev–Trinajstić information content (AvgIpc) is 3.21. The lowest BCUT2D eigenvalue weighted by molar-refractivity contribution is -0.137. The maximum atomic E-state index is 12.8. The van der Waals surface area contributed by atoms with Crippen LogP contribution in [0, 0.1) is 0 Å². The van der Waals surface area contributed by atoms with Crippen LogP contribution in [0.2, 0.25) is 0 Å². The highest BCUT2D eigenvalue weighted by atomic mass is 32.2. The lowest BCUT2D eigenvalue weighted by atomic mass is 10.1. The second kappa shape index (κ2) is 8.86. The zero-order valence-corrected chi connectivity index (χ0v) is 16.8. The number of alkyl halides is 3. The van der Waals surface area contributed by atoms with E-state index in [1.165, 1.54) is 30.3 Å². The van der Waals surface area contributed by atoms with E-state index in [1.807, 2.05) is 0 Å². The second-order valence-corrected chi connectivity index (χ2v) is 7.96. The average molecular weight is 455 g/mol. The third-order valence-corrected chi connectivity index (χ3v) is 5.50. The third kappa shape index (κ3) is 5.47. The molecule has 0 spiro atoms. The Bertz CT molecular complexity index is 1190. The summed E-state index contributed by atoms with van der Waals surface area (Å²) in [4.78, 5) is 16.1. The molecule has 0 aliphatic heterocycles. The maximum Gasteiger partial charge on any atom is 0.416 e. The molecule has 1 heterocycles. The molecule has 0 aliphatic carbocycles. The summed E-state index contributed by atoms with van der Waals surface area (Å²) in [6.45, 7) is 1.35. The number of sulfonamides is 1. The van der Waals surface area contributed by atoms with E-state index >= 15 is 0 Å². The largest absolute Gasteiger partial charge is 0.452 e. The molecule has 0 radical (unpaired) electrons. The number of esters is 1. The number of nitrogens with one attached hydrogen (secondary N) is 1. The smallest absolute Gasteiger partial charge is 0.416 e. The van der Waals surface area contributed by atoms with Gasteiger partial charge < -0.3 is 9.26 Å². The molecule has 3 aromatic rings. The van der Waals surface area contributed by atoms with Gasteiger partial charge in [0.1, 0.15) is 0 Å². The second-order valence-electron chi connectivity index (χ2n) is 6.20. The van der Waals surface area contributed by atoms with Crippen molar-refractivity contribution in [3.05, 3.63) is 65.5 Å². The van der Waals surface area contributed by atoms with Crippen LogP contribution in [0.3, 0.4) is 0 Å². The molecule has 31 heavy (non-hydrogen) atoms. The summed E-state index contributed by atoms with van der Waals surface area (Å²) in [5.74, 6) is -1.08. The fourth-order valence-corrected chi connectivity index (χ4v) is 3.63. The van der Waals surface area contributed by atoms with Gasteiger partial charge in [-0.1, -0.05) is 30.3 Å². The number of benzene rings is 2. The normalized spacial score (nSPS) is 12.0. The van der Waals surface area contributed by atoms with E-state index in [0.717, 1.165) is 18.2 Å². The first-order chi connectivity index (χ1) is 14.6. The van der Waals surface area contributed by atoms with Crippen molar-refractivity contribution in [3.8, 4) is 11.4 Å². The predicted molar refractivity (Wildman–Crippen MR) is 101 cm³/mol. The van der Waals surface area contributed by atoms with Crippen LogP contribution in [0.25, 0.3) is 11.4 Å². The van der Waals surface area contributed by atoms with E-state index in [4.69, 9.17) is 9.26 Å². The highest BCUT2D eigenvalue weighted by Gasteiger charge is 2.30. The number of carbonyl (C=O) groups excluding carboxylic acids is 1. The number of nitrogens with zero attached hydrogens (tertiary/aromatic N) is 2. The molecule has 1 N–H and O–H groups in total. The first-order valence-electron chi connectivity index (χ1n) is 8.87. The Morgan fingerprint density at radius 1 is 1.16 bits per heavy atom. The Morgan fingerprint density at radius 3 is 2.61 bits per heavy atom. The maximum absolute atomic E-state index is 12.8. The Labute approximate surface area is 175 Å². The molecule has 0 saturated heterocycles. The number of aromatic nitrogens is 2. The molecule has 0 aliphatic rings. The van der Waals surface area contributed by atoms with Gasteiger partial charge in [0, 0.05) is 12.1 Å². The van der Waals surface area contributed by atoms with Crippen molar-refractivity contribution in [2.24, 2.45) is 0 Å². The number of hydrogen-bond donors (Lipinski definition) is 1. The van der Waals surface area contributed by atoms with Crippen LogP contribution in [-0.2, 0) is 27.5 Å². The van der Waals surface area contributed by atoms with Gasteiger partial charge in [-0.2, -0.15) is 18.2 Å². The molecule has 2 aromatic carbocycles. The van der Waals surface area contributed by atoms with Crippen molar-refractivity contribution in [1.82, 2.24) is 14.9 Å². The van der Waals surface area contributed by atoms with Crippen LogP contribution in [0.1, 0.15) is 28.7 Å². The van der Waals surface area contributed by atoms with Crippen molar-refractivity contribution in [2.45, 2.75) is 24.6 Å². The van der Waals surface area contributed by atoms with Crippen LogP contribution < -0.4 is 4.72 Å². The van der Waals surface area contributed by atoms with Crippen LogP contribution in [0.5, 0.6) is 0 Å². The molecule has 0 atom stereocenters. The van der Waals surface area contributed by atoms with E-state index in [2.05, 4.69) is 14.9 Å². The molecule has 8 nitrogen and oxygen atoms in total. The van der Waals surface area contributed by atoms with E-state index < -0.39 is 34.3 Å². The Hall–Kier alpha value is -3.25. The van der Waals surface area contributed by atoms with E-state index in [1.54, 1.807) is 6.92 Å². The minimum Gasteiger partial charge on any atom is -0.452 e. The molecule has 0 saturated carbocycles. The van der Waals surface area contributed by atoms with Gasteiger partial charge in [-0.15, -0.1) is 0 Å². The van der Waals surface area contributed by atoms with Gasteiger partial charge in [0.2, 0.25) is 15.8 Å². The first kappa shape index (κ1) is 22.4. The monoisotopic (exact) mass is 455 g/mol.